The maximum Gasteiger partial charge on any atom is 0.326 e. The van der Waals surface area contributed by atoms with Gasteiger partial charge in [0.25, 0.3) is 0 Å². The Morgan fingerprint density at radius 1 is 0.800 bits per heavy atom. The van der Waals surface area contributed by atoms with E-state index in [1.54, 1.807) is 42.5 Å². The van der Waals surface area contributed by atoms with E-state index in [-0.39, 0.29) is 25.0 Å². The van der Waals surface area contributed by atoms with E-state index in [0.717, 1.165) is 0 Å². The number of nitrogens with zero attached hydrogens (tertiary/aromatic N) is 1. The number of nitrogens with two attached hydrogens (primary N) is 1. The third-order valence-corrected chi connectivity index (χ3v) is 6.05. The van der Waals surface area contributed by atoms with Gasteiger partial charge in [-0.2, -0.15) is 0 Å². The molecule has 1 heterocycles. The van der Waals surface area contributed by atoms with Crippen LogP contribution in [0.15, 0.2) is 67.1 Å². The second-order valence-electron chi connectivity index (χ2n) is 9.15. The quantitative estimate of drug-likeness (QED) is 0.123. The number of aromatic amines is 1. The number of nitrogens with one attached hydrogen (secondary N) is 4. The smallest absolute Gasteiger partial charge is 0.326 e. The Labute approximate surface area is 229 Å². The molecule has 0 aliphatic rings. The summed E-state index contributed by atoms with van der Waals surface area (Å²) in [5.74, 6) is -3.57. The van der Waals surface area contributed by atoms with Crippen LogP contribution in [0, 0.1) is 0 Å². The van der Waals surface area contributed by atoms with E-state index in [4.69, 9.17) is 5.73 Å². The number of carboxylic acids is 1. The third kappa shape index (κ3) is 8.92. The number of aliphatic hydroxyl groups excluding tert-OH is 1. The summed E-state index contributed by atoms with van der Waals surface area (Å²) < 4.78 is 0. The highest BCUT2D eigenvalue weighted by atomic mass is 16.4. The van der Waals surface area contributed by atoms with Crippen LogP contribution in [-0.4, -0.2) is 79.8 Å². The number of hydrogen-bond acceptors (Lipinski definition) is 8. The number of amides is 3. The van der Waals surface area contributed by atoms with Gasteiger partial charge in [-0.1, -0.05) is 42.5 Å². The topological polar surface area (TPSA) is 220 Å². The molecule has 1 aromatic heterocycles. The lowest BCUT2D eigenvalue weighted by atomic mass is 10.0. The molecule has 0 spiro atoms. The number of aromatic nitrogens is 2. The summed E-state index contributed by atoms with van der Waals surface area (Å²) in [6.45, 7) is -0.784. The Morgan fingerprint density at radius 3 is 2.00 bits per heavy atom. The molecular weight excluding hydrogens is 520 g/mol. The molecule has 3 amide bonds. The summed E-state index contributed by atoms with van der Waals surface area (Å²) in [6.07, 6.45) is 2.88. The highest BCUT2D eigenvalue weighted by molar-refractivity contribution is 5.94. The molecule has 4 atom stereocenters. The first kappa shape index (κ1) is 29.8. The molecule has 0 saturated carbocycles. The zero-order chi connectivity index (χ0) is 29.1. The van der Waals surface area contributed by atoms with Crippen LogP contribution in [0.4, 0.5) is 0 Å². The number of benzene rings is 2. The van der Waals surface area contributed by atoms with E-state index < -0.39 is 54.5 Å². The van der Waals surface area contributed by atoms with Gasteiger partial charge in [-0.15, -0.1) is 0 Å². The molecule has 212 valence electrons. The summed E-state index contributed by atoms with van der Waals surface area (Å²) in [4.78, 5) is 57.4. The monoisotopic (exact) mass is 552 g/mol. The van der Waals surface area contributed by atoms with Crippen molar-refractivity contribution in [1.29, 1.82) is 0 Å². The fourth-order valence-electron chi connectivity index (χ4n) is 3.87. The first-order valence-electron chi connectivity index (χ1n) is 12.5. The minimum atomic E-state index is -1.44. The molecule has 0 aliphatic carbocycles. The third-order valence-electron chi connectivity index (χ3n) is 6.05. The zero-order valence-electron chi connectivity index (χ0n) is 21.5. The fraction of sp³-hybridized carbons (Fsp3) is 0.296. The van der Waals surface area contributed by atoms with Crippen molar-refractivity contribution in [3.05, 3.63) is 83.9 Å². The Kier molecular flexibility index (Phi) is 10.7. The van der Waals surface area contributed by atoms with Crippen LogP contribution in [0.25, 0.3) is 0 Å². The van der Waals surface area contributed by atoms with E-state index in [9.17, 15) is 34.5 Å². The Balaban J connectivity index is 1.67. The number of hydrogen-bond donors (Lipinski definition) is 8. The first-order valence-corrected chi connectivity index (χ1v) is 12.5. The van der Waals surface area contributed by atoms with E-state index in [0.29, 0.717) is 16.8 Å². The van der Waals surface area contributed by atoms with Crippen molar-refractivity contribution >= 4 is 23.7 Å². The fourth-order valence-corrected chi connectivity index (χ4v) is 3.87. The molecule has 0 bridgehead atoms. The highest BCUT2D eigenvalue weighted by Gasteiger charge is 2.30. The van der Waals surface area contributed by atoms with Gasteiger partial charge in [0.15, 0.2) is 0 Å². The van der Waals surface area contributed by atoms with Crippen molar-refractivity contribution in [3.8, 4) is 5.75 Å². The van der Waals surface area contributed by atoms with Crippen LogP contribution in [0.1, 0.15) is 16.8 Å². The van der Waals surface area contributed by atoms with Crippen LogP contribution in [0.2, 0.25) is 0 Å². The molecule has 13 heteroatoms. The molecule has 13 nitrogen and oxygen atoms in total. The van der Waals surface area contributed by atoms with E-state index in [1.807, 2.05) is 0 Å². The van der Waals surface area contributed by atoms with Gasteiger partial charge in [-0.3, -0.25) is 14.4 Å². The molecule has 3 aromatic rings. The summed E-state index contributed by atoms with van der Waals surface area (Å²) >= 11 is 0. The average Bonchev–Trinajstić information content (AvgIpc) is 3.45. The van der Waals surface area contributed by atoms with Gasteiger partial charge in [-0.05, 0) is 29.7 Å². The van der Waals surface area contributed by atoms with Crippen molar-refractivity contribution in [2.45, 2.75) is 43.4 Å². The number of aliphatic hydroxyl groups is 1. The number of aromatic hydroxyl groups is 1. The van der Waals surface area contributed by atoms with Gasteiger partial charge in [-0.25, -0.2) is 9.78 Å². The molecular formula is C27H32N6O7. The number of rotatable bonds is 14. The number of aliphatic carboxylic acids is 1. The van der Waals surface area contributed by atoms with Crippen LogP contribution in [0.3, 0.4) is 0 Å². The number of phenols is 1. The number of carboxylic acid groups (broad SMARTS) is 1. The van der Waals surface area contributed by atoms with Crippen LogP contribution >= 0.6 is 0 Å². The number of phenolic OH excluding ortho intramolecular Hbond substituents is 1. The number of carbonyl (C=O) groups is 4. The molecule has 0 fully saturated rings. The standard InChI is InChI=1S/C27H32N6O7/c28-20(10-17-6-8-19(35)9-7-17)24(36)33-23(14-34)26(38)31-21(12-18-13-29-15-30-18)25(37)32-22(27(39)40)11-16-4-2-1-3-5-16/h1-9,13,15,20-23,34-35H,10-12,14,28H2,(H,29,30)(H,31,38)(H,32,37)(H,33,36)(H,39,40). The summed E-state index contributed by atoms with van der Waals surface area (Å²) in [6, 6.07) is 9.79. The van der Waals surface area contributed by atoms with Crippen LogP contribution < -0.4 is 21.7 Å². The van der Waals surface area contributed by atoms with Gasteiger partial charge >= 0.3 is 5.97 Å². The predicted octanol–water partition coefficient (Wildman–Crippen LogP) is -0.998. The molecule has 3 rings (SSSR count). The summed E-state index contributed by atoms with van der Waals surface area (Å²) in [5.41, 5.74) is 7.80. The lowest BCUT2D eigenvalue weighted by Crippen LogP contribution is -2.58. The van der Waals surface area contributed by atoms with Crippen molar-refractivity contribution < 1.29 is 34.5 Å². The molecule has 4 unspecified atom stereocenters. The largest absolute Gasteiger partial charge is 0.508 e. The number of carbonyl (C=O) groups excluding carboxylic acids is 3. The van der Waals surface area contributed by atoms with E-state index in [2.05, 4.69) is 25.9 Å². The van der Waals surface area contributed by atoms with Crippen LogP contribution in [-0.2, 0) is 38.4 Å². The molecule has 0 aliphatic heterocycles. The SMILES string of the molecule is NC(Cc1ccc(O)cc1)C(=O)NC(CO)C(=O)NC(Cc1cnc[nH]1)C(=O)NC(Cc1ccccc1)C(=O)O. The van der Waals surface area contributed by atoms with Gasteiger partial charge < -0.3 is 42.0 Å². The normalized spacial score (nSPS) is 13.8. The molecule has 0 saturated heterocycles. The first-order chi connectivity index (χ1) is 19.2. The van der Waals surface area contributed by atoms with Crippen molar-refractivity contribution in [3.63, 3.8) is 0 Å². The highest BCUT2D eigenvalue weighted by Crippen LogP contribution is 2.11. The molecule has 2 aromatic carbocycles. The maximum atomic E-state index is 13.2. The summed E-state index contributed by atoms with van der Waals surface area (Å²) in [7, 11) is 0. The Hall–Kier alpha value is -4.75. The van der Waals surface area contributed by atoms with Crippen LogP contribution in [0.5, 0.6) is 5.75 Å². The Bertz CT molecular complexity index is 1270. The minimum absolute atomic E-state index is 0.0148. The molecule has 0 radical (unpaired) electrons. The van der Waals surface area contributed by atoms with Crippen molar-refractivity contribution in [2.75, 3.05) is 6.61 Å². The van der Waals surface area contributed by atoms with Gasteiger partial charge in [0.1, 0.15) is 23.9 Å². The lowest BCUT2D eigenvalue weighted by molar-refractivity contribution is -0.142. The molecule has 40 heavy (non-hydrogen) atoms. The van der Waals surface area contributed by atoms with E-state index in [1.165, 1.54) is 24.7 Å². The zero-order valence-corrected chi connectivity index (χ0v) is 21.5. The maximum absolute atomic E-state index is 13.2. The average molecular weight is 553 g/mol. The number of imidazole rings is 1. The van der Waals surface area contributed by atoms with Gasteiger partial charge in [0, 0.05) is 24.7 Å². The van der Waals surface area contributed by atoms with E-state index >= 15 is 0 Å². The Morgan fingerprint density at radius 2 is 1.40 bits per heavy atom. The predicted molar refractivity (Wildman–Crippen MR) is 143 cm³/mol. The second-order valence-corrected chi connectivity index (χ2v) is 9.15. The van der Waals surface area contributed by atoms with Gasteiger partial charge in [0.2, 0.25) is 17.7 Å². The summed E-state index contributed by atoms with van der Waals surface area (Å²) in [5, 5.41) is 36.2. The number of H-pyrrole nitrogens is 1. The second kappa shape index (κ2) is 14.4. The molecule has 9 N–H and O–H groups in total. The van der Waals surface area contributed by atoms with Crippen molar-refractivity contribution in [1.82, 2.24) is 25.9 Å². The van der Waals surface area contributed by atoms with Crippen molar-refractivity contribution in [2.24, 2.45) is 5.73 Å². The van der Waals surface area contributed by atoms with Gasteiger partial charge in [0.05, 0.1) is 19.0 Å². The lowest BCUT2D eigenvalue weighted by Gasteiger charge is -2.24. The minimum Gasteiger partial charge on any atom is -0.508 e.